The van der Waals surface area contributed by atoms with Gasteiger partial charge in [-0.15, -0.1) is 0 Å². The fourth-order valence-corrected chi connectivity index (χ4v) is 3.55. The second-order valence-corrected chi connectivity index (χ2v) is 6.31. The Morgan fingerprint density at radius 2 is 1.65 bits per heavy atom. The van der Waals surface area contributed by atoms with Gasteiger partial charge in [0.15, 0.2) is 0 Å². The SMILES string of the molecule is NC1CC(c2ccccc2)CN(c2ccccc2Br)C1. The first kappa shape index (κ1) is 13.7. The van der Waals surface area contributed by atoms with Gasteiger partial charge in [0.05, 0.1) is 5.69 Å². The Balaban J connectivity index is 1.85. The maximum atomic E-state index is 6.28. The van der Waals surface area contributed by atoms with Crippen molar-refractivity contribution in [3.05, 3.63) is 64.6 Å². The van der Waals surface area contributed by atoms with E-state index in [1.165, 1.54) is 11.3 Å². The first-order valence-electron chi connectivity index (χ1n) is 7.04. The molecule has 1 aliphatic rings. The van der Waals surface area contributed by atoms with E-state index in [4.69, 9.17) is 5.73 Å². The van der Waals surface area contributed by atoms with Crippen molar-refractivity contribution in [3.63, 3.8) is 0 Å². The van der Waals surface area contributed by atoms with Crippen molar-refractivity contribution in [1.29, 1.82) is 0 Å². The van der Waals surface area contributed by atoms with Crippen molar-refractivity contribution < 1.29 is 0 Å². The van der Waals surface area contributed by atoms with Crippen LogP contribution in [0.2, 0.25) is 0 Å². The first-order chi connectivity index (χ1) is 9.74. The molecule has 2 atom stereocenters. The number of anilines is 1. The molecule has 1 heterocycles. The van der Waals surface area contributed by atoms with Crippen LogP contribution in [0, 0.1) is 0 Å². The van der Waals surface area contributed by atoms with Crippen LogP contribution in [0.4, 0.5) is 5.69 Å². The largest absolute Gasteiger partial charge is 0.368 e. The topological polar surface area (TPSA) is 29.3 Å². The van der Waals surface area contributed by atoms with Crippen molar-refractivity contribution in [3.8, 4) is 0 Å². The van der Waals surface area contributed by atoms with Gasteiger partial charge in [0.1, 0.15) is 0 Å². The van der Waals surface area contributed by atoms with Gasteiger partial charge in [-0.3, -0.25) is 0 Å². The minimum absolute atomic E-state index is 0.223. The Hall–Kier alpha value is -1.32. The quantitative estimate of drug-likeness (QED) is 0.908. The van der Waals surface area contributed by atoms with Crippen molar-refractivity contribution in [2.24, 2.45) is 5.73 Å². The van der Waals surface area contributed by atoms with Crippen LogP contribution in [0.1, 0.15) is 17.9 Å². The number of nitrogens with zero attached hydrogens (tertiary/aromatic N) is 1. The van der Waals surface area contributed by atoms with Crippen molar-refractivity contribution in [2.45, 2.75) is 18.4 Å². The van der Waals surface area contributed by atoms with Gasteiger partial charge >= 0.3 is 0 Å². The maximum Gasteiger partial charge on any atom is 0.0511 e. The molecule has 3 heteroatoms. The molecule has 1 saturated heterocycles. The lowest BCUT2D eigenvalue weighted by atomic mass is 9.88. The molecule has 2 unspecified atom stereocenters. The predicted octanol–water partition coefficient (Wildman–Crippen LogP) is 3.77. The van der Waals surface area contributed by atoms with Gasteiger partial charge in [0.25, 0.3) is 0 Å². The summed E-state index contributed by atoms with van der Waals surface area (Å²) < 4.78 is 1.14. The van der Waals surface area contributed by atoms with E-state index in [1.807, 2.05) is 6.07 Å². The van der Waals surface area contributed by atoms with Crippen molar-refractivity contribution in [1.82, 2.24) is 0 Å². The zero-order valence-corrected chi connectivity index (χ0v) is 13.0. The van der Waals surface area contributed by atoms with Crippen LogP contribution in [-0.4, -0.2) is 19.1 Å². The van der Waals surface area contributed by atoms with Gasteiger partial charge < -0.3 is 10.6 Å². The van der Waals surface area contributed by atoms with E-state index in [0.29, 0.717) is 5.92 Å². The second kappa shape index (κ2) is 5.98. The molecule has 0 radical (unpaired) electrons. The molecular weight excluding hydrogens is 312 g/mol. The molecule has 0 saturated carbocycles. The minimum Gasteiger partial charge on any atom is -0.368 e. The average Bonchev–Trinajstić information content (AvgIpc) is 2.48. The third-order valence-corrected chi connectivity index (χ3v) is 4.62. The van der Waals surface area contributed by atoms with Crippen LogP contribution in [-0.2, 0) is 0 Å². The Labute approximate surface area is 128 Å². The predicted molar refractivity (Wildman–Crippen MR) is 88.1 cm³/mol. The summed E-state index contributed by atoms with van der Waals surface area (Å²) >= 11 is 3.65. The minimum atomic E-state index is 0.223. The molecule has 0 aliphatic carbocycles. The molecule has 3 rings (SSSR count). The lowest BCUT2D eigenvalue weighted by molar-refractivity contribution is 0.453. The van der Waals surface area contributed by atoms with E-state index in [1.54, 1.807) is 0 Å². The van der Waals surface area contributed by atoms with E-state index >= 15 is 0 Å². The number of halogens is 1. The normalized spacial score (nSPS) is 22.8. The molecule has 2 nitrogen and oxygen atoms in total. The summed E-state index contributed by atoms with van der Waals surface area (Å²) in [5.74, 6) is 0.507. The number of nitrogens with two attached hydrogens (primary N) is 1. The van der Waals surface area contributed by atoms with Gasteiger partial charge in [-0.1, -0.05) is 42.5 Å². The van der Waals surface area contributed by atoms with E-state index in [9.17, 15) is 0 Å². The molecule has 0 aromatic heterocycles. The van der Waals surface area contributed by atoms with E-state index in [2.05, 4.69) is 69.4 Å². The molecule has 2 aromatic carbocycles. The fourth-order valence-electron chi connectivity index (χ4n) is 3.01. The van der Waals surface area contributed by atoms with Gasteiger partial charge in [-0.25, -0.2) is 0 Å². The van der Waals surface area contributed by atoms with Crippen LogP contribution >= 0.6 is 15.9 Å². The number of para-hydroxylation sites is 1. The molecular formula is C17H19BrN2. The molecule has 0 amide bonds. The Bertz CT molecular complexity index is 570. The molecule has 104 valence electrons. The average molecular weight is 331 g/mol. The summed E-state index contributed by atoms with van der Waals surface area (Å²) in [5.41, 5.74) is 8.91. The lowest BCUT2D eigenvalue weighted by Crippen LogP contribution is -2.46. The van der Waals surface area contributed by atoms with Gasteiger partial charge in [0, 0.05) is 29.5 Å². The zero-order valence-electron chi connectivity index (χ0n) is 11.4. The number of rotatable bonds is 2. The number of piperidine rings is 1. The molecule has 1 fully saturated rings. The van der Waals surface area contributed by atoms with Gasteiger partial charge in [0.2, 0.25) is 0 Å². The standard InChI is InChI=1S/C17H19BrN2/c18-16-8-4-5-9-17(16)20-11-14(10-15(19)12-20)13-6-2-1-3-7-13/h1-9,14-15H,10-12,19H2. The second-order valence-electron chi connectivity index (χ2n) is 5.46. The molecule has 2 N–H and O–H groups in total. The highest BCUT2D eigenvalue weighted by atomic mass is 79.9. The monoisotopic (exact) mass is 330 g/mol. The third kappa shape index (κ3) is 2.89. The Morgan fingerprint density at radius 1 is 0.950 bits per heavy atom. The highest BCUT2D eigenvalue weighted by Gasteiger charge is 2.27. The maximum absolute atomic E-state index is 6.28. The van der Waals surface area contributed by atoms with Crippen LogP contribution in [0.5, 0.6) is 0 Å². The van der Waals surface area contributed by atoms with E-state index < -0.39 is 0 Å². The summed E-state index contributed by atoms with van der Waals surface area (Å²) in [6, 6.07) is 19.3. The van der Waals surface area contributed by atoms with Gasteiger partial charge in [-0.05, 0) is 40.0 Å². The fraction of sp³-hybridized carbons (Fsp3) is 0.294. The van der Waals surface area contributed by atoms with E-state index in [0.717, 1.165) is 24.0 Å². The van der Waals surface area contributed by atoms with Crippen LogP contribution in [0.15, 0.2) is 59.1 Å². The number of hydrogen-bond acceptors (Lipinski definition) is 2. The van der Waals surface area contributed by atoms with Crippen LogP contribution in [0.25, 0.3) is 0 Å². The highest BCUT2D eigenvalue weighted by molar-refractivity contribution is 9.10. The third-order valence-electron chi connectivity index (χ3n) is 3.95. The summed E-state index contributed by atoms with van der Waals surface area (Å²) in [6.45, 7) is 1.95. The smallest absolute Gasteiger partial charge is 0.0511 e. The molecule has 1 aliphatic heterocycles. The number of hydrogen-bond donors (Lipinski definition) is 1. The highest BCUT2D eigenvalue weighted by Crippen LogP contribution is 2.33. The Morgan fingerprint density at radius 3 is 2.40 bits per heavy atom. The zero-order chi connectivity index (χ0) is 13.9. The molecule has 2 aromatic rings. The summed E-state index contributed by atoms with van der Waals surface area (Å²) in [6.07, 6.45) is 1.06. The Kier molecular flexibility index (Phi) is 4.08. The summed E-state index contributed by atoms with van der Waals surface area (Å²) in [7, 11) is 0. The van der Waals surface area contributed by atoms with Crippen LogP contribution < -0.4 is 10.6 Å². The van der Waals surface area contributed by atoms with Crippen molar-refractivity contribution in [2.75, 3.05) is 18.0 Å². The molecule has 0 spiro atoms. The van der Waals surface area contributed by atoms with Gasteiger partial charge in [-0.2, -0.15) is 0 Å². The summed E-state index contributed by atoms with van der Waals surface area (Å²) in [4.78, 5) is 2.40. The summed E-state index contributed by atoms with van der Waals surface area (Å²) in [5, 5.41) is 0. The van der Waals surface area contributed by atoms with Crippen LogP contribution in [0.3, 0.4) is 0 Å². The molecule has 0 bridgehead atoms. The van der Waals surface area contributed by atoms with Crippen molar-refractivity contribution >= 4 is 21.6 Å². The van der Waals surface area contributed by atoms with E-state index in [-0.39, 0.29) is 6.04 Å². The number of benzene rings is 2. The first-order valence-corrected chi connectivity index (χ1v) is 7.83. The molecule has 20 heavy (non-hydrogen) atoms. The lowest BCUT2D eigenvalue weighted by Gasteiger charge is -2.38.